The maximum atomic E-state index is 2.36. The monoisotopic (exact) mass is 362 g/mol. The zero-order valence-electron chi connectivity index (χ0n) is 17.4. The van der Waals surface area contributed by atoms with Crippen LogP contribution in [0.1, 0.15) is 107 Å². The minimum absolute atomic E-state index is 1.23. The Kier molecular flexibility index (Phi) is 8.46. The minimum atomic E-state index is 1.23. The molecule has 1 aliphatic carbocycles. The standard InChI is InChI=1S/C27H38/c1-2-3-4-5-6-7-8-9-10-11-12-13-14-16-23-19-20-25-22-21-24-17-15-18-26(23)27(24)25/h15,17-22H,2-14,16H2,1H3. The van der Waals surface area contributed by atoms with Crippen molar-refractivity contribution in [3.8, 4) is 0 Å². The smallest absolute Gasteiger partial charge is 0.00361 e. The molecule has 0 unspecified atom stereocenters. The second-order valence-corrected chi connectivity index (χ2v) is 8.41. The number of aryl methyl sites for hydroxylation is 1. The van der Waals surface area contributed by atoms with Crippen LogP contribution in [0.5, 0.6) is 0 Å². The summed E-state index contributed by atoms with van der Waals surface area (Å²) >= 11 is 0. The first kappa shape index (κ1) is 20.2. The highest BCUT2D eigenvalue weighted by Gasteiger charge is 2.11. The summed E-state index contributed by atoms with van der Waals surface area (Å²) < 4.78 is 0. The lowest BCUT2D eigenvalue weighted by atomic mass is 9.95. The van der Waals surface area contributed by atoms with Gasteiger partial charge in [0.1, 0.15) is 0 Å². The molecule has 0 aromatic heterocycles. The minimum Gasteiger partial charge on any atom is -0.0654 e. The van der Waals surface area contributed by atoms with E-state index in [0.29, 0.717) is 0 Å². The molecule has 0 spiro atoms. The van der Waals surface area contributed by atoms with Gasteiger partial charge < -0.3 is 0 Å². The van der Waals surface area contributed by atoms with E-state index in [2.05, 4.69) is 49.4 Å². The van der Waals surface area contributed by atoms with Crippen LogP contribution in [-0.4, -0.2) is 0 Å². The molecule has 3 rings (SSSR count). The summed E-state index contributed by atoms with van der Waals surface area (Å²) in [6.07, 6.45) is 24.3. The fraction of sp³-hybridized carbons (Fsp3) is 0.556. The van der Waals surface area contributed by atoms with E-state index in [-0.39, 0.29) is 0 Å². The van der Waals surface area contributed by atoms with Crippen LogP contribution in [0.4, 0.5) is 0 Å². The molecule has 0 radical (unpaired) electrons. The molecule has 0 fully saturated rings. The molecule has 1 aliphatic rings. The van der Waals surface area contributed by atoms with Crippen LogP contribution in [0.25, 0.3) is 22.9 Å². The Bertz CT molecular complexity index is 710. The maximum Gasteiger partial charge on any atom is -0.00361 e. The largest absolute Gasteiger partial charge is 0.0654 e. The lowest BCUT2D eigenvalue weighted by Crippen LogP contribution is -1.90. The average molecular weight is 363 g/mol. The molecule has 2 aromatic rings. The maximum absolute atomic E-state index is 2.36. The predicted octanol–water partition coefficient (Wildman–Crippen LogP) is 8.96. The third-order valence-corrected chi connectivity index (χ3v) is 6.19. The quantitative estimate of drug-likeness (QED) is 0.251. The third-order valence-electron chi connectivity index (χ3n) is 6.19. The Balaban J connectivity index is 1.25. The number of rotatable bonds is 14. The molecule has 0 heteroatoms. The summed E-state index contributed by atoms with van der Waals surface area (Å²) in [5.41, 5.74) is 4.34. The number of benzene rings is 2. The van der Waals surface area contributed by atoms with Crippen molar-refractivity contribution in [1.29, 1.82) is 0 Å². The number of unbranched alkanes of at least 4 members (excludes halogenated alkanes) is 12. The molecule has 0 saturated heterocycles. The predicted molar refractivity (Wildman–Crippen MR) is 122 cm³/mol. The molecular formula is C27H38. The van der Waals surface area contributed by atoms with Crippen LogP contribution in [0, 0.1) is 0 Å². The molecule has 0 N–H and O–H groups in total. The summed E-state index contributed by atoms with van der Waals surface area (Å²) in [7, 11) is 0. The third kappa shape index (κ3) is 5.96. The molecule has 27 heavy (non-hydrogen) atoms. The van der Waals surface area contributed by atoms with Crippen molar-refractivity contribution in [3.05, 3.63) is 47.0 Å². The van der Waals surface area contributed by atoms with Gasteiger partial charge in [-0.1, -0.05) is 126 Å². The van der Waals surface area contributed by atoms with Crippen LogP contribution < -0.4 is 0 Å². The van der Waals surface area contributed by atoms with E-state index in [1.165, 1.54) is 112 Å². The molecule has 0 nitrogen and oxygen atoms in total. The Morgan fingerprint density at radius 2 is 1.11 bits per heavy atom. The van der Waals surface area contributed by atoms with E-state index < -0.39 is 0 Å². The van der Waals surface area contributed by atoms with Crippen LogP contribution in [-0.2, 0) is 6.42 Å². The topological polar surface area (TPSA) is 0 Å². The average Bonchev–Trinajstić information content (AvgIpc) is 3.12. The second kappa shape index (κ2) is 11.3. The molecule has 0 saturated carbocycles. The van der Waals surface area contributed by atoms with Gasteiger partial charge in [-0.05, 0) is 40.3 Å². The van der Waals surface area contributed by atoms with Gasteiger partial charge in [0.15, 0.2) is 0 Å². The molecule has 0 atom stereocenters. The molecule has 0 heterocycles. The van der Waals surface area contributed by atoms with Crippen LogP contribution in [0.3, 0.4) is 0 Å². The fourth-order valence-corrected chi connectivity index (χ4v) is 4.53. The van der Waals surface area contributed by atoms with E-state index in [0.717, 1.165) is 0 Å². The second-order valence-electron chi connectivity index (χ2n) is 8.41. The van der Waals surface area contributed by atoms with E-state index in [9.17, 15) is 0 Å². The van der Waals surface area contributed by atoms with Gasteiger partial charge in [0, 0.05) is 0 Å². The lowest BCUT2D eigenvalue weighted by molar-refractivity contribution is 0.539. The molecule has 0 amide bonds. The van der Waals surface area contributed by atoms with Gasteiger partial charge in [0.2, 0.25) is 0 Å². The van der Waals surface area contributed by atoms with Crippen LogP contribution in [0.15, 0.2) is 30.3 Å². The highest BCUT2D eigenvalue weighted by Crippen LogP contribution is 2.33. The van der Waals surface area contributed by atoms with E-state index in [4.69, 9.17) is 0 Å². The van der Waals surface area contributed by atoms with E-state index in [1.54, 1.807) is 5.56 Å². The zero-order valence-corrected chi connectivity index (χ0v) is 17.4. The Morgan fingerprint density at radius 3 is 1.74 bits per heavy atom. The van der Waals surface area contributed by atoms with Crippen molar-refractivity contribution in [1.82, 2.24) is 0 Å². The highest BCUT2D eigenvalue weighted by atomic mass is 14.1. The van der Waals surface area contributed by atoms with Crippen molar-refractivity contribution < 1.29 is 0 Å². The summed E-state index contributed by atoms with van der Waals surface area (Å²) in [5.74, 6) is 0. The fourth-order valence-electron chi connectivity index (χ4n) is 4.53. The molecule has 2 aromatic carbocycles. The first-order chi connectivity index (χ1) is 13.4. The van der Waals surface area contributed by atoms with Gasteiger partial charge in [0.25, 0.3) is 0 Å². The Morgan fingerprint density at radius 1 is 0.556 bits per heavy atom. The van der Waals surface area contributed by atoms with Gasteiger partial charge in [-0.3, -0.25) is 0 Å². The summed E-state index contributed by atoms with van der Waals surface area (Å²) in [4.78, 5) is 0. The first-order valence-corrected chi connectivity index (χ1v) is 11.6. The Labute approximate surface area is 167 Å². The first-order valence-electron chi connectivity index (χ1n) is 11.6. The highest BCUT2D eigenvalue weighted by molar-refractivity contribution is 6.05. The van der Waals surface area contributed by atoms with Gasteiger partial charge in [-0.15, -0.1) is 0 Å². The van der Waals surface area contributed by atoms with Gasteiger partial charge in [-0.25, -0.2) is 0 Å². The SMILES string of the molecule is CCCCCCCCCCCCCCCc1ccc2c3c(cccc13)C=C2. The van der Waals surface area contributed by atoms with Crippen molar-refractivity contribution in [2.75, 3.05) is 0 Å². The number of hydrogen-bond acceptors (Lipinski definition) is 0. The molecule has 0 bridgehead atoms. The lowest BCUT2D eigenvalue weighted by Gasteiger charge is -2.09. The van der Waals surface area contributed by atoms with Crippen LogP contribution >= 0.6 is 0 Å². The van der Waals surface area contributed by atoms with Crippen molar-refractivity contribution in [3.63, 3.8) is 0 Å². The molecular weight excluding hydrogens is 324 g/mol. The van der Waals surface area contributed by atoms with Crippen molar-refractivity contribution in [2.24, 2.45) is 0 Å². The zero-order chi connectivity index (χ0) is 18.7. The van der Waals surface area contributed by atoms with Crippen molar-refractivity contribution in [2.45, 2.75) is 96.8 Å². The normalized spacial score (nSPS) is 12.3. The van der Waals surface area contributed by atoms with Gasteiger partial charge in [-0.2, -0.15) is 0 Å². The Hall–Kier alpha value is -1.56. The van der Waals surface area contributed by atoms with E-state index >= 15 is 0 Å². The van der Waals surface area contributed by atoms with Gasteiger partial charge >= 0.3 is 0 Å². The van der Waals surface area contributed by atoms with Gasteiger partial charge in [0.05, 0.1) is 0 Å². The summed E-state index contributed by atoms with van der Waals surface area (Å²) in [6, 6.07) is 11.4. The van der Waals surface area contributed by atoms with Crippen molar-refractivity contribution >= 4 is 22.9 Å². The van der Waals surface area contributed by atoms with E-state index in [1.807, 2.05) is 0 Å². The summed E-state index contributed by atoms with van der Waals surface area (Å²) in [5, 5.41) is 2.96. The molecule has 0 aliphatic heterocycles. The summed E-state index contributed by atoms with van der Waals surface area (Å²) in [6.45, 7) is 2.30. The molecule has 146 valence electrons. The van der Waals surface area contributed by atoms with Crippen LogP contribution in [0.2, 0.25) is 0 Å². The number of hydrogen-bond donors (Lipinski definition) is 0.